The third-order valence-corrected chi connectivity index (χ3v) is 8.43. The molecule has 0 radical (unpaired) electrons. The smallest absolute Gasteiger partial charge is 0.246 e. The Bertz CT molecular complexity index is 1230. The van der Waals surface area contributed by atoms with Crippen molar-refractivity contribution in [3.8, 4) is 5.69 Å². The molecule has 0 atom stereocenters. The molecular weight excluding hydrogens is 436 g/mol. The molecule has 8 heteroatoms. The number of piperidine rings is 1. The Kier molecular flexibility index (Phi) is 6.67. The molecule has 0 saturated carbocycles. The lowest BCUT2D eigenvalue weighted by Gasteiger charge is -2.30. The Labute approximate surface area is 195 Å². The van der Waals surface area contributed by atoms with E-state index in [9.17, 15) is 13.2 Å². The lowest BCUT2D eigenvalue weighted by atomic mass is 9.97. The van der Waals surface area contributed by atoms with E-state index in [1.807, 2.05) is 54.6 Å². The molecule has 0 bridgehead atoms. The summed E-state index contributed by atoms with van der Waals surface area (Å²) in [5.74, 6) is -0.267. The van der Waals surface area contributed by atoms with Crippen LogP contribution in [0.5, 0.6) is 0 Å². The van der Waals surface area contributed by atoms with E-state index in [4.69, 9.17) is 0 Å². The second-order valence-corrected chi connectivity index (χ2v) is 10.3. The topological polar surface area (TPSA) is 84.3 Å². The van der Waals surface area contributed by atoms with Gasteiger partial charge < -0.3 is 5.32 Å². The van der Waals surface area contributed by atoms with E-state index < -0.39 is 10.0 Å². The van der Waals surface area contributed by atoms with Gasteiger partial charge in [0.25, 0.3) is 0 Å². The van der Waals surface area contributed by atoms with Gasteiger partial charge in [-0.1, -0.05) is 37.3 Å². The van der Waals surface area contributed by atoms with Gasteiger partial charge in [-0.25, -0.2) is 13.1 Å². The van der Waals surface area contributed by atoms with Gasteiger partial charge in [-0.05, 0) is 62.9 Å². The molecule has 0 unspecified atom stereocenters. The molecule has 1 aliphatic rings. The molecule has 7 nitrogen and oxygen atoms in total. The predicted octanol–water partition coefficient (Wildman–Crippen LogP) is 4.09. The molecule has 0 spiro atoms. The number of hydrogen-bond acceptors (Lipinski definition) is 4. The summed E-state index contributed by atoms with van der Waals surface area (Å²) in [6, 6.07) is 17.3. The van der Waals surface area contributed by atoms with Crippen LogP contribution >= 0.6 is 0 Å². The molecule has 3 aromatic rings. The largest absolute Gasteiger partial charge is 0.326 e. The van der Waals surface area contributed by atoms with Crippen LogP contribution in [-0.4, -0.2) is 41.5 Å². The summed E-state index contributed by atoms with van der Waals surface area (Å²) >= 11 is 0. The summed E-state index contributed by atoms with van der Waals surface area (Å²) in [7, 11) is -3.71. The number of aryl methyl sites for hydroxylation is 2. The van der Waals surface area contributed by atoms with Crippen LogP contribution in [0.4, 0.5) is 5.69 Å². The van der Waals surface area contributed by atoms with E-state index >= 15 is 0 Å². The van der Waals surface area contributed by atoms with Gasteiger partial charge in [0.1, 0.15) is 4.90 Å². The zero-order valence-corrected chi connectivity index (χ0v) is 20.1. The van der Waals surface area contributed by atoms with Crippen LogP contribution in [-0.2, 0) is 21.2 Å². The van der Waals surface area contributed by atoms with Crippen LogP contribution in [0.15, 0.2) is 59.5 Å². The first kappa shape index (κ1) is 23.2. The molecule has 1 N–H and O–H groups in total. The van der Waals surface area contributed by atoms with Gasteiger partial charge in [0.15, 0.2) is 0 Å². The van der Waals surface area contributed by atoms with Gasteiger partial charge in [-0.15, -0.1) is 0 Å². The zero-order valence-electron chi connectivity index (χ0n) is 19.3. The number of benzene rings is 2. The molecule has 2 aromatic carbocycles. The first-order chi connectivity index (χ1) is 15.8. The molecular formula is C25H30N4O3S. The van der Waals surface area contributed by atoms with Crippen LogP contribution in [0.25, 0.3) is 5.69 Å². The molecule has 174 valence electrons. The summed E-state index contributed by atoms with van der Waals surface area (Å²) in [6.07, 6.45) is 1.93. The number of hydrogen-bond donors (Lipinski definition) is 1. The highest BCUT2D eigenvalue weighted by Crippen LogP contribution is 2.29. The van der Waals surface area contributed by atoms with Gasteiger partial charge in [0.2, 0.25) is 15.9 Å². The second-order valence-electron chi connectivity index (χ2n) is 8.47. The quantitative estimate of drug-likeness (QED) is 0.593. The fourth-order valence-electron chi connectivity index (χ4n) is 4.38. The maximum absolute atomic E-state index is 13.5. The van der Waals surface area contributed by atoms with Crippen LogP contribution < -0.4 is 5.32 Å². The van der Waals surface area contributed by atoms with Gasteiger partial charge >= 0.3 is 0 Å². The molecule has 2 heterocycles. The fraction of sp³-hybridized carbons (Fsp3) is 0.360. The van der Waals surface area contributed by atoms with Gasteiger partial charge in [-0.2, -0.15) is 9.40 Å². The number of nitrogens with zero attached hydrogens (tertiary/aromatic N) is 3. The number of nitrogens with one attached hydrogen (secondary N) is 1. The highest BCUT2D eigenvalue weighted by atomic mass is 32.2. The highest BCUT2D eigenvalue weighted by Gasteiger charge is 2.35. The number of sulfonamides is 1. The molecule has 1 fully saturated rings. The Morgan fingerprint density at radius 3 is 2.27 bits per heavy atom. The van der Waals surface area contributed by atoms with Gasteiger partial charge in [-0.3, -0.25) is 4.79 Å². The Hall–Kier alpha value is -2.97. The van der Waals surface area contributed by atoms with Crippen molar-refractivity contribution in [2.45, 2.75) is 44.9 Å². The third-order valence-electron chi connectivity index (χ3n) is 6.28. The minimum atomic E-state index is -3.71. The first-order valence-corrected chi connectivity index (χ1v) is 12.8. The normalized spacial score (nSPS) is 15.5. The molecule has 4 rings (SSSR count). The number of rotatable bonds is 6. The Balaban J connectivity index is 1.45. The summed E-state index contributed by atoms with van der Waals surface area (Å²) in [6.45, 7) is 6.22. The maximum atomic E-state index is 13.5. The summed E-state index contributed by atoms with van der Waals surface area (Å²) in [4.78, 5) is 13.0. The molecule has 1 aliphatic heterocycles. The van der Waals surface area contributed by atoms with Crippen molar-refractivity contribution in [1.82, 2.24) is 14.1 Å². The van der Waals surface area contributed by atoms with E-state index in [1.165, 1.54) is 9.87 Å². The third kappa shape index (κ3) is 4.72. The van der Waals surface area contributed by atoms with E-state index in [0.717, 1.165) is 17.8 Å². The minimum absolute atomic E-state index is 0.0550. The van der Waals surface area contributed by atoms with Gasteiger partial charge in [0, 0.05) is 24.7 Å². The SMILES string of the molecule is CCc1ccc(NC(=O)C2CCN(S(=O)(=O)c3c(C)nn(-c4ccccc4)c3C)CC2)cc1. The minimum Gasteiger partial charge on any atom is -0.326 e. The average molecular weight is 467 g/mol. The molecule has 33 heavy (non-hydrogen) atoms. The molecule has 1 amide bonds. The molecule has 1 saturated heterocycles. The van der Waals surface area contributed by atoms with Crippen molar-refractivity contribution in [2.24, 2.45) is 5.92 Å². The van der Waals surface area contributed by atoms with E-state index in [-0.39, 0.29) is 16.7 Å². The van der Waals surface area contributed by atoms with Crippen molar-refractivity contribution in [1.29, 1.82) is 0 Å². The first-order valence-electron chi connectivity index (χ1n) is 11.3. The molecule has 0 aliphatic carbocycles. The number of amides is 1. The van der Waals surface area contributed by atoms with Crippen molar-refractivity contribution in [2.75, 3.05) is 18.4 Å². The van der Waals surface area contributed by atoms with Crippen molar-refractivity contribution in [3.63, 3.8) is 0 Å². The van der Waals surface area contributed by atoms with E-state index in [2.05, 4.69) is 17.3 Å². The summed E-state index contributed by atoms with van der Waals surface area (Å²) < 4.78 is 30.1. The lowest BCUT2D eigenvalue weighted by Crippen LogP contribution is -2.41. The van der Waals surface area contributed by atoms with Crippen molar-refractivity contribution < 1.29 is 13.2 Å². The maximum Gasteiger partial charge on any atom is 0.246 e. The summed E-state index contributed by atoms with van der Waals surface area (Å²) in [5, 5.41) is 7.46. The standard InChI is InChI=1S/C25H30N4O3S/c1-4-20-10-12-22(13-11-20)26-25(30)21-14-16-28(17-15-21)33(31,32)24-18(2)27-29(19(24)3)23-8-6-5-7-9-23/h5-13,21H,4,14-17H2,1-3H3,(H,26,30). The zero-order chi connectivity index (χ0) is 23.6. The van der Waals surface area contributed by atoms with Gasteiger partial charge in [0.05, 0.1) is 17.1 Å². The second kappa shape index (κ2) is 9.49. The van der Waals surface area contributed by atoms with Crippen LogP contribution in [0.3, 0.4) is 0 Å². The Morgan fingerprint density at radius 1 is 1.03 bits per heavy atom. The predicted molar refractivity (Wildman–Crippen MR) is 129 cm³/mol. The number of anilines is 1. The van der Waals surface area contributed by atoms with Crippen LogP contribution in [0, 0.1) is 19.8 Å². The lowest BCUT2D eigenvalue weighted by molar-refractivity contribution is -0.120. The van der Waals surface area contributed by atoms with E-state index in [1.54, 1.807) is 18.5 Å². The molecule has 1 aromatic heterocycles. The number of aromatic nitrogens is 2. The number of carbonyl (C=O) groups is 1. The average Bonchev–Trinajstić information content (AvgIpc) is 3.14. The number of carbonyl (C=O) groups excluding carboxylic acids is 1. The Morgan fingerprint density at radius 2 is 1.67 bits per heavy atom. The van der Waals surface area contributed by atoms with Crippen LogP contribution in [0.1, 0.15) is 36.7 Å². The van der Waals surface area contributed by atoms with Crippen molar-refractivity contribution in [3.05, 3.63) is 71.5 Å². The summed E-state index contributed by atoms with van der Waals surface area (Å²) in [5.41, 5.74) is 3.88. The monoisotopic (exact) mass is 466 g/mol. The highest BCUT2D eigenvalue weighted by molar-refractivity contribution is 7.89. The van der Waals surface area contributed by atoms with Crippen molar-refractivity contribution >= 4 is 21.6 Å². The fourth-order valence-corrected chi connectivity index (χ4v) is 6.20. The van der Waals surface area contributed by atoms with E-state index in [0.29, 0.717) is 37.3 Å². The van der Waals surface area contributed by atoms with Crippen LogP contribution in [0.2, 0.25) is 0 Å². The number of para-hydroxylation sites is 1.